The first-order chi connectivity index (χ1) is 19.8. The van der Waals surface area contributed by atoms with Crippen molar-refractivity contribution in [2.75, 3.05) is 14.2 Å². The molecule has 42 heavy (non-hydrogen) atoms. The van der Waals surface area contributed by atoms with E-state index in [1.54, 1.807) is 67.1 Å². The van der Waals surface area contributed by atoms with Crippen LogP contribution in [-0.4, -0.2) is 90.6 Å². The van der Waals surface area contributed by atoms with Gasteiger partial charge in [0.25, 0.3) is 5.91 Å². The number of likely N-dealkylation sites (tertiary alicyclic amines) is 1. The summed E-state index contributed by atoms with van der Waals surface area (Å²) in [6.07, 6.45) is -5.44. The molecule has 6 unspecified atom stereocenters. The van der Waals surface area contributed by atoms with Gasteiger partial charge < -0.3 is 33.3 Å². The molecule has 232 valence electrons. The van der Waals surface area contributed by atoms with E-state index in [-0.39, 0.29) is 18.4 Å². The van der Waals surface area contributed by atoms with E-state index in [1.165, 1.54) is 4.90 Å². The second kappa shape index (κ2) is 14.1. The zero-order valence-corrected chi connectivity index (χ0v) is 25.2. The summed E-state index contributed by atoms with van der Waals surface area (Å²) < 4.78 is 34.1. The topological polar surface area (TPSA) is 157 Å². The van der Waals surface area contributed by atoms with E-state index in [0.29, 0.717) is 0 Å². The number of carbonyl (C=O) groups is 5. The summed E-state index contributed by atoms with van der Waals surface area (Å²) in [7, 11) is 2.73. The zero-order valence-electron chi connectivity index (χ0n) is 25.2. The van der Waals surface area contributed by atoms with Gasteiger partial charge in [-0.25, -0.2) is 4.79 Å². The highest BCUT2D eigenvalue weighted by molar-refractivity contribution is 5.83. The lowest BCUT2D eigenvalue weighted by Gasteiger charge is -2.44. The van der Waals surface area contributed by atoms with Crippen molar-refractivity contribution in [2.45, 2.75) is 90.8 Å². The Morgan fingerprint density at radius 2 is 1.45 bits per heavy atom. The maximum Gasteiger partial charge on any atom is 0.339 e. The van der Waals surface area contributed by atoms with Crippen molar-refractivity contribution in [3.63, 3.8) is 0 Å². The number of likely N-dealkylation sites (N-methyl/N-ethyl adjacent to an activating group) is 1. The number of ether oxygens (including phenoxy) is 6. The summed E-state index contributed by atoms with van der Waals surface area (Å²) >= 11 is 0. The number of hydrogen-bond donors (Lipinski definition) is 0. The van der Waals surface area contributed by atoms with Gasteiger partial charge in [-0.2, -0.15) is 0 Å². The van der Waals surface area contributed by atoms with Crippen molar-refractivity contribution in [1.29, 1.82) is 0 Å². The molecular weight excluding hydrogens is 552 g/mol. The number of rotatable bonds is 10. The lowest BCUT2D eigenvalue weighted by atomic mass is 9.97. The van der Waals surface area contributed by atoms with Crippen LogP contribution in [0.15, 0.2) is 24.5 Å². The van der Waals surface area contributed by atoms with E-state index in [4.69, 9.17) is 28.4 Å². The normalized spacial score (nSPS) is 27.7. The molecule has 13 nitrogen and oxygen atoms in total. The second-order valence-corrected chi connectivity index (χ2v) is 11.2. The van der Waals surface area contributed by atoms with Crippen LogP contribution >= 0.6 is 0 Å². The lowest BCUT2D eigenvalue weighted by molar-refractivity contribution is -0.309. The van der Waals surface area contributed by atoms with Gasteiger partial charge in [0.15, 0.2) is 24.4 Å². The van der Waals surface area contributed by atoms with Crippen LogP contribution in [0.25, 0.3) is 0 Å². The van der Waals surface area contributed by atoms with Gasteiger partial charge in [0.1, 0.15) is 6.10 Å². The summed E-state index contributed by atoms with van der Waals surface area (Å²) in [4.78, 5) is 70.3. The van der Waals surface area contributed by atoms with Crippen molar-refractivity contribution in [2.24, 2.45) is 17.8 Å². The molecular formula is C29H40N2O11. The SMILES string of the molecule is COC(=O)C1OC(O[C@@H]2CC(c3cccnc3)N(C)C2=O)C(OC(=O)C(C)C)C(OC(=O)C(C)C)C1OC(=O)C(C)C. The number of aromatic nitrogens is 1. The average molecular weight is 593 g/mol. The predicted octanol–water partition coefficient (Wildman–Crippen LogP) is 1.97. The van der Waals surface area contributed by atoms with Crippen LogP contribution in [-0.2, 0) is 52.4 Å². The van der Waals surface area contributed by atoms with E-state index in [0.717, 1.165) is 12.7 Å². The highest BCUT2D eigenvalue weighted by Gasteiger charge is 2.57. The molecule has 0 aliphatic carbocycles. The predicted molar refractivity (Wildman–Crippen MR) is 144 cm³/mol. The fraction of sp³-hybridized carbons (Fsp3) is 0.655. The van der Waals surface area contributed by atoms with Gasteiger partial charge in [-0.15, -0.1) is 0 Å². The Morgan fingerprint density at radius 3 is 1.95 bits per heavy atom. The molecule has 2 saturated heterocycles. The second-order valence-electron chi connectivity index (χ2n) is 11.2. The van der Waals surface area contributed by atoms with E-state index in [2.05, 4.69) is 4.98 Å². The van der Waals surface area contributed by atoms with Crippen molar-refractivity contribution in [3.8, 4) is 0 Å². The van der Waals surface area contributed by atoms with Crippen LogP contribution in [0.4, 0.5) is 0 Å². The molecule has 2 aliphatic heterocycles. The largest absolute Gasteiger partial charge is 0.467 e. The Kier molecular flexibility index (Phi) is 11.0. The van der Waals surface area contributed by atoms with E-state index >= 15 is 0 Å². The maximum atomic E-state index is 13.3. The van der Waals surface area contributed by atoms with Gasteiger partial charge in [0.05, 0.1) is 30.9 Å². The maximum absolute atomic E-state index is 13.3. The minimum absolute atomic E-state index is 0.191. The molecule has 1 aromatic rings. The number of methoxy groups -OCH3 is 1. The summed E-state index contributed by atoms with van der Waals surface area (Å²) in [5.41, 5.74) is 0.781. The third-order valence-electron chi connectivity index (χ3n) is 6.99. The number of nitrogens with zero attached hydrogens (tertiary/aromatic N) is 2. The minimum atomic E-state index is -1.63. The van der Waals surface area contributed by atoms with Gasteiger partial charge in [0.2, 0.25) is 6.29 Å². The van der Waals surface area contributed by atoms with Gasteiger partial charge in [-0.3, -0.25) is 24.2 Å². The molecule has 0 radical (unpaired) electrons. The van der Waals surface area contributed by atoms with E-state index < -0.39 is 78.4 Å². The van der Waals surface area contributed by atoms with Crippen LogP contribution in [0.2, 0.25) is 0 Å². The third kappa shape index (κ3) is 7.43. The molecule has 0 saturated carbocycles. The van der Waals surface area contributed by atoms with Crippen LogP contribution in [0, 0.1) is 17.8 Å². The first-order valence-corrected chi connectivity index (χ1v) is 13.9. The van der Waals surface area contributed by atoms with Crippen LogP contribution in [0.3, 0.4) is 0 Å². The molecule has 1 amide bonds. The van der Waals surface area contributed by atoms with Crippen molar-refractivity contribution in [1.82, 2.24) is 9.88 Å². The van der Waals surface area contributed by atoms with Crippen molar-refractivity contribution < 1.29 is 52.4 Å². The first-order valence-electron chi connectivity index (χ1n) is 13.9. The number of amides is 1. The third-order valence-corrected chi connectivity index (χ3v) is 6.99. The summed E-state index contributed by atoms with van der Waals surface area (Å²) in [6.45, 7) is 9.53. The van der Waals surface area contributed by atoms with Crippen LogP contribution in [0.5, 0.6) is 0 Å². The summed E-state index contributed by atoms with van der Waals surface area (Å²) in [6, 6.07) is 3.21. The smallest absolute Gasteiger partial charge is 0.339 e. The van der Waals surface area contributed by atoms with Crippen LogP contribution < -0.4 is 0 Å². The van der Waals surface area contributed by atoms with Crippen LogP contribution in [0.1, 0.15) is 59.6 Å². The van der Waals surface area contributed by atoms with Gasteiger partial charge in [-0.1, -0.05) is 47.6 Å². The lowest BCUT2D eigenvalue weighted by Crippen LogP contribution is -2.65. The average Bonchev–Trinajstić information content (AvgIpc) is 3.23. The monoisotopic (exact) mass is 592 g/mol. The summed E-state index contributed by atoms with van der Waals surface area (Å²) in [5, 5.41) is 0. The highest BCUT2D eigenvalue weighted by Crippen LogP contribution is 2.37. The van der Waals surface area contributed by atoms with Gasteiger partial charge >= 0.3 is 23.9 Å². The molecule has 3 heterocycles. The Hall–Kier alpha value is -3.58. The molecule has 0 N–H and O–H groups in total. The van der Waals surface area contributed by atoms with Gasteiger partial charge in [-0.05, 0) is 11.6 Å². The molecule has 0 spiro atoms. The van der Waals surface area contributed by atoms with Crippen molar-refractivity contribution >= 4 is 29.8 Å². The highest BCUT2D eigenvalue weighted by atomic mass is 16.7. The quantitative estimate of drug-likeness (QED) is 0.288. The van der Waals surface area contributed by atoms with E-state index in [9.17, 15) is 24.0 Å². The minimum Gasteiger partial charge on any atom is -0.467 e. The Morgan fingerprint density at radius 1 is 0.905 bits per heavy atom. The molecule has 0 aromatic carbocycles. The Labute approximate surface area is 245 Å². The molecule has 2 fully saturated rings. The molecule has 1 aromatic heterocycles. The molecule has 3 rings (SSSR count). The van der Waals surface area contributed by atoms with Crippen molar-refractivity contribution in [3.05, 3.63) is 30.1 Å². The van der Waals surface area contributed by atoms with E-state index in [1.807, 2.05) is 6.07 Å². The molecule has 2 aliphatic rings. The Bertz CT molecular complexity index is 1140. The van der Waals surface area contributed by atoms with Gasteiger partial charge in [0, 0.05) is 25.9 Å². The molecule has 13 heteroatoms. The standard InChI is InChI=1S/C29H40N2O11/c1-14(2)25(33)39-20-21(40-26(34)15(3)4)23(41-27(35)16(5)6)29(42-22(20)28(36)37-8)38-19-12-18(31(7)24(19)32)17-10-9-11-30-13-17/h9-11,13-16,18-23,29H,12H2,1-8H3/t18?,19-,20?,21?,22?,23?,29?/m1/s1. The fourth-order valence-corrected chi connectivity index (χ4v) is 4.48. The fourth-order valence-electron chi connectivity index (χ4n) is 4.48. The first kappa shape index (κ1) is 32.9. The zero-order chi connectivity index (χ0) is 31.3. The number of esters is 4. The number of carbonyl (C=O) groups excluding carboxylic acids is 5. The molecule has 0 bridgehead atoms. The number of pyridine rings is 1. The molecule has 7 atom stereocenters. The Balaban J connectivity index is 2.05. The summed E-state index contributed by atoms with van der Waals surface area (Å²) in [5.74, 6) is -5.33. The number of hydrogen-bond acceptors (Lipinski definition) is 12.